The van der Waals surface area contributed by atoms with Crippen LogP contribution >= 0.6 is 23.5 Å². The molecule has 1 aromatic rings. The van der Waals surface area contributed by atoms with Crippen molar-refractivity contribution in [1.82, 2.24) is 4.98 Å². The average Bonchev–Trinajstić information content (AvgIpc) is 2.38. The highest BCUT2D eigenvalue weighted by Gasteiger charge is 2.13. The number of carbonyl (C=O) groups is 1. The highest BCUT2D eigenvalue weighted by Crippen LogP contribution is 2.24. The number of nitrogens with two attached hydrogens (primary N) is 1. The molecule has 0 bridgehead atoms. The van der Waals surface area contributed by atoms with Gasteiger partial charge < -0.3 is 11.1 Å². The van der Waals surface area contributed by atoms with E-state index in [0.717, 1.165) is 12.2 Å². The first-order valence-electron chi connectivity index (χ1n) is 5.45. The second-order valence-corrected chi connectivity index (χ2v) is 6.30. The fourth-order valence-corrected chi connectivity index (χ4v) is 4.17. The smallest absolute Gasteiger partial charge is 0.267 e. The lowest BCUT2D eigenvalue weighted by molar-refractivity contribution is 0.0995. The summed E-state index contributed by atoms with van der Waals surface area (Å²) in [5.74, 6) is 3.17. The van der Waals surface area contributed by atoms with Crippen LogP contribution in [0.5, 0.6) is 0 Å². The zero-order valence-corrected chi connectivity index (χ0v) is 11.0. The molecule has 1 saturated heterocycles. The normalized spacial score (nSPS) is 19.9. The van der Waals surface area contributed by atoms with Crippen molar-refractivity contribution in [3.05, 3.63) is 24.0 Å². The van der Waals surface area contributed by atoms with Gasteiger partial charge in [0.2, 0.25) is 0 Å². The van der Waals surface area contributed by atoms with E-state index < -0.39 is 5.91 Å². The lowest BCUT2D eigenvalue weighted by Gasteiger charge is -2.21. The van der Waals surface area contributed by atoms with Crippen LogP contribution < -0.4 is 11.1 Å². The molecule has 0 aromatic carbocycles. The Labute approximate surface area is 109 Å². The Bertz CT molecular complexity index is 394. The van der Waals surface area contributed by atoms with Gasteiger partial charge in [-0.05, 0) is 12.1 Å². The fourth-order valence-electron chi connectivity index (χ4n) is 1.56. The van der Waals surface area contributed by atoms with Crippen LogP contribution in [-0.2, 0) is 0 Å². The molecule has 2 heterocycles. The molecule has 6 heteroatoms. The molecule has 0 spiro atoms. The van der Waals surface area contributed by atoms with E-state index in [1.54, 1.807) is 12.3 Å². The van der Waals surface area contributed by atoms with Gasteiger partial charge in [-0.25, -0.2) is 0 Å². The van der Waals surface area contributed by atoms with Crippen molar-refractivity contribution < 1.29 is 4.79 Å². The first-order valence-corrected chi connectivity index (χ1v) is 7.65. The largest absolute Gasteiger partial charge is 0.384 e. The van der Waals surface area contributed by atoms with Gasteiger partial charge in [0.05, 0.1) is 0 Å². The van der Waals surface area contributed by atoms with Gasteiger partial charge in [-0.3, -0.25) is 9.78 Å². The number of primary amides is 1. The minimum absolute atomic E-state index is 0.306. The van der Waals surface area contributed by atoms with E-state index in [9.17, 15) is 4.79 Å². The molecule has 4 nitrogen and oxygen atoms in total. The molecule has 0 saturated carbocycles. The average molecular weight is 269 g/mol. The Kier molecular flexibility index (Phi) is 4.56. The van der Waals surface area contributed by atoms with Gasteiger partial charge in [0.1, 0.15) is 5.69 Å². The molecular formula is C11H15N3OS2. The summed E-state index contributed by atoms with van der Waals surface area (Å²) in [5.41, 5.74) is 6.40. The van der Waals surface area contributed by atoms with Crippen LogP contribution in [0.3, 0.4) is 0 Å². The molecule has 1 atom stereocenters. The van der Waals surface area contributed by atoms with Gasteiger partial charge >= 0.3 is 0 Å². The third kappa shape index (κ3) is 3.81. The Morgan fingerprint density at radius 1 is 1.59 bits per heavy atom. The van der Waals surface area contributed by atoms with Gasteiger partial charge in [-0.2, -0.15) is 23.5 Å². The zero-order valence-electron chi connectivity index (χ0n) is 9.39. The van der Waals surface area contributed by atoms with E-state index in [1.165, 1.54) is 17.3 Å². The highest BCUT2D eigenvalue weighted by molar-refractivity contribution is 8.06. The summed E-state index contributed by atoms with van der Waals surface area (Å²) in [4.78, 5) is 14.9. The van der Waals surface area contributed by atoms with E-state index in [0.29, 0.717) is 10.9 Å². The molecule has 1 aliphatic heterocycles. The summed E-state index contributed by atoms with van der Waals surface area (Å²) in [6, 6.07) is 3.55. The topological polar surface area (TPSA) is 68.0 Å². The number of nitrogens with one attached hydrogen (secondary N) is 1. The number of thioether (sulfide) groups is 2. The number of nitrogens with zero attached hydrogens (tertiary/aromatic N) is 1. The Hall–Kier alpha value is -0.880. The molecule has 3 N–H and O–H groups in total. The van der Waals surface area contributed by atoms with Crippen molar-refractivity contribution in [3.63, 3.8) is 0 Å². The maximum Gasteiger partial charge on any atom is 0.267 e. The third-order valence-corrected chi connectivity index (χ3v) is 5.28. The van der Waals surface area contributed by atoms with Crippen molar-refractivity contribution in [1.29, 1.82) is 0 Å². The summed E-state index contributed by atoms with van der Waals surface area (Å²) in [5, 5.41) is 3.97. The van der Waals surface area contributed by atoms with Crippen molar-refractivity contribution in [2.75, 3.05) is 29.1 Å². The van der Waals surface area contributed by atoms with E-state index in [1.807, 2.05) is 29.6 Å². The van der Waals surface area contributed by atoms with Gasteiger partial charge in [-0.15, -0.1) is 0 Å². The molecule has 0 aliphatic carbocycles. The summed E-state index contributed by atoms with van der Waals surface area (Å²) in [7, 11) is 0. The predicted molar refractivity (Wildman–Crippen MR) is 74.8 cm³/mol. The van der Waals surface area contributed by atoms with Crippen LogP contribution in [0.15, 0.2) is 18.3 Å². The number of carbonyl (C=O) groups excluding carboxylic acids is 1. The van der Waals surface area contributed by atoms with Gasteiger partial charge in [0.15, 0.2) is 0 Å². The first-order chi connectivity index (χ1) is 8.25. The number of aromatic nitrogens is 1. The number of amides is 1. The maximum absolute atomic E-state index is 11.0. The summed E-state index contributed by atoms with van der Waals surface area (Å²) in [6.45, 7) is 0.917. The molecule has 2 rings (SSSR count). The van der Waals surface area contributed by atoms with Crippen LogP contribution in [0.2, 0.25) is 0 Å². The minimum Gasteiger partial charge on any atom is -0.384 e. The fraction of sp³-hybridized carbons (Fsp3) is 0.455. The maximum atomic E-state index is 11.0. The lowest BCUT2D eigenvalue weighted by Crippen LogP contribution is -2.23. The predicted octanol–water partition coefficient (Wildman–Crippen LogP) is 1.44. The molecule has 1 amide bonds. The summed E-state index contributed by atoms with van der Waals surface area (Å²) in [6.07, 6.45) is 1.60. The number of pyridine rings is 1. The molecule has 1 unspecified atom stereocenters. The SMILES string of the molecule is NC(=O)c1cc(NCC2CSCCS2)ccn1. The van der Waals surface area contributed by atoms with Gasteiger partial charge in [0.25, 0.3) is 5.91 Å². The third-order valence-electron chi connectivity index (χ3n) is 2.43. The Morgan fingerprint density at radius 2 is 2.47 bits per heavy atom. The lowest BCUT2D eigenvalue weighted by atomic mass is 10.3. The molecule has 1 aliphatic rings. The molecule has 92 valence electrons. The molecule has 0 radical (unpaired) electrons. The molecule has 1 aromatic heterocycles. The zero-order chi connectivity index (χ0) is 12.1. The second-order valence-electron chi connectivity index (χ2n) is 3.74. The number of hydrogen-bond acceptors (Lipinski definition) is 5. The molecule has 17 heavy (non-hydrogen) atoms. The highest BCUT2D eigenvalue weighted by atomic mass is 32.2. The van der Waals surface area contributed by atoms with Crippen LogP contribution in [-0.4, -0.2) is 39.9 Å². The Morgan fingerprint density at radius 3 is 3.18 bits per heavy atom. The van der Waals surface area contributed by atoms with E-state index in [2.05, 4.69) is 10.3 Å². The first kappa shape index (κ1) is 12.6. The Balaban J connectivity index is 1.89. The van der Waals surface area contributed by atoms with Crippen LogP contribution in [0.1, 0.15) is 10.5 Å². The second kappa shape index (κ2) is 6.16. The van der Waals surface area contributed by atoms with Crippen molar-refractivity contribution in [3.8, 4) is 0 Å². The van der Waals surface area contributed by atoms with Gasteiger partial charge in [0, 0.05) is 40.9 Å². The van der Waals surface area contributed by atoms with E-state index in [-0.39, 0.29) is 0 Å². The van der Waals surface area contributed by atoms with Crippen LogP contribution in [0.25, 0.3) is 0 Å². The summed E-state index contributed by atoms with van der Waals surface area (Å²) >= 11 is 4.00. The van der Waals surface area contributed by atoms with Crippen LogP contribution in [0, 0.1) is 0 Å². The van der Waals surface area contributed by atoms with Gasteiger partial charge in [-0.1, -0.05) is 0 Å². The number of hydrogen-bond donors (Lipinski definition) is 2. The number of anilines is 1. The molecular weight excluding hydrogens is 254 g/mol. The quantitative estimate of drug-likeness (QED) is 0.865. The molecule has 1 fully saturated rings. The number of rotatable bonds is 4. The van der Waals surface area contributed by atoms with Crippen molar-refractivity contribution >= 4 is 35.1 Å². The minimum atomic E-state index is -0.490. The van der Waals surface area contributed by atoms with Crippen molar-refractivity contribution in [2.45, 2.75) is 5.25 Å². The standard InChI is InChI=1S/C11H15N3OS2/c12-11(15)10-5-8(1-2-13-10)14-6-9-7-16-3-4-17-9/h1-2,5,9H,3-4,6-7H2,(H2,12,15)(H,13,14). The summed E-state index contributed by atoms with van der Waals surface area (Å²) < 4.78 is 0. The van der Waals surface area contributed by atoms with Crippen molar-refractivity contribution in [2.24, 2.45) is 5.73 Å². The monoisotopic (exact) mass is 269 g/mol. The van der Waals surface area contributed by atoms with E-state index >= 15 is 0 Å². The van der Waals surface area contributed by atoms with Crippen LogP contribution in [0.4, 0.5) is 5.69 Å². The van der Waals surface area contributed by atoms with E-state index in [4.69, 9.17) is 5.73 Å².